The van der Waals surface area contributed by atoms with Crippen LogP contribution < -0.4 is 0 Å². The maximum absolute atomic E-state index is 12.6. The Bertz CT molecular complexity index is 544. The van der Waals surface area contributed by atoms with Crippen LogP contribution in [0.4, 0.5) is 0 Å². The third-order valence-corrected chi connectivity index (χ3v) is 5.61. The summed E-state index contributed by atoms with van der Waals surface area (Å²) in [5, 5.41) is 9.21. The predicted molar refractivity (Wildman–Crippen MR) is 80.9 cm³/mol. The van der Waals surface area contributed by atoms with Crippen molar-refractivity contribution in [2.24, 2.45) is 0 Å². The maximum atomic E-state index is 12.6. The van der Waals surface area contributed by atoms with Gasteiger partial charge in [-0.2, -0.15) is 0 Å². The van der Waals surface area contributed by atoms with Crippen LogP contribution in [0.5, 0.6) is 0 Å². The minimum atomic E-state index is -0.888. The molecule has 0 spiro atoms. The van der Waals surface area contributed by atoms with E-state index in [9.17, 15) is 14.7 Å². The number of fused-ring (bicyclic) bond motifs is 1. The van der Waals surface area contributed by atoms with E-state index in [0.717, 1.165) is 32.4 Å². The highest BCUT2D eigenvalue weighted by Gasteiger charge is 2.35. The number of aliphatic carboxylic acids is 1. The Hall–Kier alpha value is -1.40. The number of likely N-dealkylation sites (N-methyl/N-ethyl adjacent to an activating group) is 1. The van der Waals surface area contributed by atoms with E-state index in [0.29, 0.717) is 17.8 Å². The molecule has 0 saturated carbocycles. The normalized spacial score (nSPS) is 22.9. The zero-order valence-corrected chi connectivity index (χ0v) is 13.0. The molecule has 1 aromatic rings. The fourth-order valence-electron chi connectivity index (χ4n) is 3.12. The minimum Gasteiger partial charge on any atom is -0.480 e. The molecule has 1 amide bonds. The number of rotatable bonds is 2. The monoisotopic (exact) mass is 308 g/mol. The lowest BCUT2D eigenvalue weighted by Crippen LogP contribution is -2.40. The molecule has 21 heavy (non-hydrogen) atoms. The van der Waals surface area contributed by atoms with Crippen molar-refractivity contribution >= 4 is 23.2 Å². The van der Waals surface area contributed by atoms with Gasteiger partial charge in [0.25, 0.3) is 5.91 Å². The Labute approximate surface area is 128 Å². The van der Waals surface area contributed by atoms with Crippen molar-refractivity contribution in [3.05, 3.63) is 21.4 Å². The number of thiophene rings is 1. The molecular formula is C15H20N2O3S. The first-order valence-corrected chi connectivity index (χ1v) is 8.22. The van der Waals surface area contributed by atoms with Crippen LogP contribution in [0, 0.1) is 0 Å². The van der Waals surface area contributed by atoms with Crippen LogP contribution in [0.25, 0.3) is 0 Å². The Morgan fingerprint density at radius 1 is 1.29 bits per heavy atom. The number of likely N-dealkylation sites (tertiary alicyclic amines) is 1. The van der Waals surface area contributed by atoms with Crippen LogP contribution in [0.3, 0.4) is 0 Å². The molecular weight excluding hydrogens is 288 g/mol. The maximum Gasteiger partial charge on any atom is 0.326 e. The number of hydrogen-bond donors (Lipinski definition) is 1. The van der Waals surface area contributed by atoms with Gasteiger partial charge >= 0.3 is 5.97 Å². The molecule has 3 heterocycles. The summed E-state index contributed by atoms with van der Waals surface area (Å²) in [6.45, 7) is 2.59. The quantitative estimate of drug-likeness (QED) is 0.899. The summed E-state index contributed by atoms with van der Waals surface area (Å²) in [7, 11) is 2.12. The van der Waals surface area contributed by atoms with Gasteiger partial charge in [0, 0.05) is 24.5 Å². The molecule has 1 N–H and O–H groups in total. The van der Waals surface area contributed by atoms with Crippen LogP contribution in [0.2, 0.25) is 0 Å². The van der Waals surface area contributed by atoms with Crippen LogP contribution in [0.1, 0.15) is 33.0 Å². The van der Waals surface area contributed by atoms with E-state index in [1.54, 1.807) is 11.3 Å². The summed E-state index contributed by atoms with van der Waals surface area (Å²) in [6.07, 6.45) is 3.29. The molecule has 2 aliphatic heterocycles. The highest BCUT2D eigenvalue weighted by molar-refractivity contribution is 7.14. The second kappa shape index (κ2) is 5.77. The molecule has 1 aromatic heterocycles. The molecule has 3 rings (SSSR count). The van der Waals surface area contributed by atoms with E-state index in [-0.39, 0.29) is 5.91 Å². The minimum absolute atomic E-state index is 0.105. The lowest BCUT2D eigenvalue weighted by Gasteiger charge is -2.20. The Kier molecular flexibility index (Phi) is 3.99. The summed E-state index contributed by atoms with van der Waals surface area (Å²) in [6, 6.07) is 1.34. The smallest absolute Gasteiger partial charge is 0.326 e. The van der Waals surface area contributed by atoms with Crippen LogP contribution in [-0.4, -0.2) is 59.5 Å². The highest BCUT2D eigenvalue weighted by Crippen LogP contribution is 2.29. The van der Waals surface area contributed by atoms with Crippen molar-refractivity contribution in [1.29, 1.82) is 0 Å². The molecule has 1 saturated heterocycles. The molecule has 2 aliphatic rings. The summed E-state index contributed by atoms with van der Waals surface area (Å²) in [5.41, 5.74) is 1.26. The molecule has 1 unspecified atom stereocenters. The Balaban J connectivity index is 1.80. The van der Waals surface area contributed by atoms with Gasteiger partial charge in [-0.1, -0.05) is 0 Å². The van der Waals surface area contributed by atoms with Crippen molar-refractivity contribution in [1.82, 2.24) is 9.80 Å². The Morgan fingerprint density at radius 3 is 2.81 bits per heavy atom. The number of nitrogens with zero attached hydrogens (tertiary/aromatic N) is 2. The fourth-order valence-corrected chi connectivity index (χ4v) is 4.28. The van der Waals surface area contributed by atoms with Crippen LogP contribution in [0.15, 0.2) is 6.07 Å². The number of carbonyl (C=O) groups excluding carboxylic acids is 1. The van der Waals surface area contributed by atoms with Gasteiger partial charge in [-0.05, 0) is 44.4 Å². The zero-order valence-electron chi connectivity index (χ0n) is 12.2. The lowest BCUT2D eigenvalue weighted by molar-refractivity contribution is -0.141. The largest absolute Gasteiger partial charge is 0.480 e. The molecule has 0 aliphatic carbocycles. The van der Waals surface area contributed by atoms with Gasteiger partial charge in [-0.25, -0.2) is 4.79 Å². The van der Waals surface area contributed by atoms with E-state index in [1.807, 2.05) is 6.07 Å². The predicted octanol–water partition coefficient (Wildman–Crippen LogP) is 1.47. The van der Waals surface area contributed by atoms with Gasteiger partial charge in [-0.3, -0.25) is 4.79 Å². The van der Waals surface area contributed by atoms with Gasteiger partial charge in [0.15, 0.2) is 0 Å². The van der Waals surface area contributed by atoms with E-state index < -0.39 is 12.0 Å². The molecule has 0 aromatic carbocycles. The van der Waals surface area contributed by atoms with Gasteiger partial charge in [0.05, 0.1) is 4.88 Å². The van der Waals surface area contributed by atoms with Crippen molar-refractivity contribution in [2.45, 2.75) is 31.7 Å². The molecule has 1 atom stereocenters. The number of amides is 1. The van der Waals surface area contributed by atoms with Gasteiger partial charge < -0.3 is 14.9 Å². The summed E-state index contributed by atoms with van der Waals surface area (Å²) < 4.78 is 0. The number of carboxylic acid groups (broad SMARTS) is 1. The summed E-state index contributed by atoms with van der Waals surface area (Å²) >= 11 is 1.55. The topological polar surface area (TPSA) is 60.9 Å². The van der Waals surface area contributed by atoms with E-state index in [4.69, 9.17) is 0 Å². The van der Waals surface area contributed by atoms with Crippen LogP contribution in [-0.2, 0) is 17.6 Å². The number of hydrogen-bond acceptors (Lipinski definition) is 4. The van der Waals surface area contributed by atoms with Gasteiger partial charge in [-0.15, -0.1) is 11.3 Å². The fraction of sp³-hybridized carbons (Fsp3) is 0.600. The van der Waals surface area contributed by atoms with Crippen molar-refractivity contribution in [3.63, 3.8) is 0 Å². The summed E-state index contributed by atoms with van der Waals surface area (Å²) in [5.74, 6) is -0.994. The molecule has 6 heteroatoms. The molecule has 0 bridgehead atoms. The lowest BCUT2D eigenvalue weighted by atomic mass is 10.1. The Morgan fingerprint density at radius 2 is 2.05 bits per heavy atom. The summed E-state index contributed by atoms with van der Waals surface area (Å²) in [4.78, 5) is 29.6. The van der Waals surface area contributed by atoms with Gasteiger partial charge in [0.2, 0.25) is 0 Å². The molecule has 1 fully saturated rings. The standard InChI is InChI=1S/C15H20N2O3S/c1-16-7-4-10-9-13(21-12(10)5-8-16)14(18)17-6-2-3-11(17)15(19)20/h9,11H,2-8H2,1H3,(H,19,20). The van der Waals surface area contributed by atoms with E-state index in [1.165, 1.54) is 15.3 Å². The van der Waals surface area contributed by atoms with E-state index >= 15 is 0 Å². The number of carbonyl (C=O) groups is 2. The molecule has 5 nitrogen and oxygen atoms in total. The highest BCUT2D eigenvalue weighted by atomic mass is 32.1. The first-order valence-electron chi connectivity index (χ1n) is 7.40. The van der Waals surface area contributed by atoms with Gasteiger partial charge in [0.1, 0.15) is 6.04 Å². The number of carboxylic acids is 1. The average Bonchev–Trinajstić information content (AvgIpc) is 3.06. The van der Waals surface area contributed by atoms with Crippen LogP contribution >= 0.6 is 11.3 Å². The first-order chi connectivity index (χ1) is 10.1. The third-order valence-electron chi connectivity index (χ3n) is 4.39. The molecule has 114 valence electrons. The second-order valence-electron chi connectivity index (χ2n) is 5.86. The van der Waals surface area contributed by atoms with Crippen molar-refractivity contribution in [2.75, 3.05) is 26.7 Å². The van der Waals surface area contributed by atoms with Crippen molar-refractivity contribution < 1.29 is 14.7 Å². The second-order valence-corrected chi connectivity index (χ2v) is 6.99. The molecule has 0 radical (unpaired) electrons. The average molecular weight is 308 g/mol. The van der Waals surface area contributed by atoms with E-state index in [2.05, 4.69) is 11.9 Å². The third kappa shape index (κ3) is 2.82. The SMILES string of the molecule is CN1CCc2cc(C(=O)N3CCCC3C(=O)O)sc2CC1. The first kappa shape index (κ1) is 14.5. The zero-order chi connectivity index (χ0) is 15.0. The van der Waals surface area contributed by atoms with Crippen molar-refractivity contribution in [3.8, 4) is 0 Å².